The number of aromatic nitrogens is 3. The second-order valence-corrected chi connectivity index (χ2v) is 13.1. The Hall–Kier alpha value is -4.45. The molecule has 11 nitrogen and oxygen atoms in total. The Morgan fingerprint density at radius 1 is 0.938 bits per heavy atom. The van der Waals surface area contributed by atoms with Gasteiger partial charge < -0.3 is 25.6 Å². The van der Waals surface area contributed by atoms with Crippen molar-refractivity contribution >= 4 is 46.5 Å². The summed E-state index contributed by atoms with van der Waals surface area (Å²) in [7, 11) is 2.09. The number of benzene rings is 2. The summed E-state index contributed by atoms with van der Waals surface area (Å²) in [6, 6.07) is 14.2. The Morgan fingerprint density at radius 2 is 1.67 bits per heavy atom. The smallest absolute Gasteiger partial charge is 0.323 e. The number of amides is 3. The number of likely N-dealkylation sites (tertiary alicyclic amines) is 1. The summed E-state index contributed by atoms with van der Waals surface area (Å²) in [6.45, 7) is 4.58. The molecule has 3 N–H and O–H groups in total. The van der Waals surface area contributed by atoms with Crippen molar-refractivity contribution in [3.8, 4) is 28.1 Å². The lowest BCUT2D eigenvalue weighted by Gasteiger charge is -2.29. The van der Waals surface area contributed by atoms with E-state index in [1.165, 1.54) is 23.1 Å². The minimum absolute atomic E-state index is 0.0226. The van der Waals surface area contributed by atoms with Gasteiger partial charge in [0.15, 0.2) is 0 Å². The van der Waals surface area contributed by atoms with Gasteiger partial charge >= 0.3 is 6.03 Å². The maximum Gasteiger partial charge on any atom is 0.323 e. The largest absolute Gasteiger partial charge is 0.493 e. The number of nitrogens with zero attached hydrogens (tertiary/aromatic N) is 4. The molecule has 2 fully saturated rings. The molecular weight excluding hydrogens is 653 g/mol. The zero-order valence-corrected chi connectivity index (χ0v) is 28.3. The number of rotatable bonds is 10. The van der Waals surface area contributed by atoms with Crippen LogP contribution in [0.15, 0.2) is 65.7 Å². The number of pyridine rings is 1. The predicted molar refractivity (Wildman–Crippen MR) is 188 cm³/mol. The van der Waals surface area contributed by atoms with Gasteiger partial charge in [0, 0.05) is 36.1 Å². The van der Waals surface area contributed by atoms with Crippen LogP contribution in [0.3, 0.4) is 0 Å². The summed E-state index contributed by atoms with van der Waals surface area (Å²) in [5, 5.41) is 13.3. The van der Waals surface area contributed by atoms with E-state index in [1.807, 2.05) is 42.5 Å². The maximum atomic E-state index is 13.5. The predicted octanol–water partition coefficient (Wildman–Crippen LogP) is 6.56. The van der Waals surface area contributed by atoms with Crippen molar-refractivity contribution in [3.05, 3.63) is 86.9 Å². The number of carbonyl (C=O) groups excluding carboxylic acids is 2. The number of urea groups is 1. The van der Waals surface area contributed by atoms with E-state index in [9.17, 15) is 14.4 Å². The molecule has 0 unspecified atom stereocenters. The van der Waals surface area contributed by atoms with Crippen molar-refractivity contribution < 1.29 is 14.3 Å². The fourth-order valence-corrected chi connectivity index (χ4v) is 6.00. The van der Waals surface area contributed by atoms with Crippen LogP contribution in [0.4, 0.5) is 16.2 Å². The minimum Gasteiger partial charge on any atom is -0.493 e. The van der Waals surface area contributed by atoms with E-state index >= 15 is 0 Å². The molecule has 4 aromatic rings. The van der Waals surface area contributed by atoms with Crippen molar-refractivity contribution in [1.82, 2.24) is 25.0 Å². The summed E-state index contributed by atoms with van der Waals surface area (Å²) in [5.74, 6) is 1.07. The van der Waals surface area contributed by atoms with E-state index in [0.717, 1.165) is 49.9 Å². The van der Waals surface area contributed by atoms with Gasteiger partial charge in [-0.25, -0.2) is 9.48 Å². The van der Waals surface area contributed by atoms with Gasteiger partial charge in [0.25, 0.3) is 11.5 Å². The summed E-state index contributed by atoms with van der Waals surface area (Å²) < 4.78 is 7.43. The fourth-order valence-electron chi connectivity index (χ4n) is 5.54. The van der Waals surface area contributed by atoms with E-state index in [0.29, 0.717) is 35.1 Å². The summed E-state index contributed by atoms with van der Waals surface area (Å²) in [4.78, 5) is 45.7. The second kappa shape index (κ2) is 14.8. The maximum absolute atomic E-state index is 13.5. The lowest BCUT2D eigenvalue weighted by Crippen LogP contribution is -2.43. The van der Waals surface area contributed by atoms with Crippen LogP contribution in [0.2, 0.25) is 10.0 Å². The van der Waals surface area contributed by atoms with Crippen LogP contribution in [0.5, 0.6) is 5.75 Å². The molecule has 3 amide bonds. The molecule has 2 aromatic heterocycles. The van der Waals surface area contributed by atoms with Crippen LogP contribution >= 0.6 is 23.2 Å². The topological polar surface area (TPSA) is 130 Å². The van der Waals surface area contributed by atoms with E-state index < -0.39 is 11.6 Å². The number of hydrogen-bond donors (Lipinski definition) is 3. The van der Waals surface area contributed by atoms with E-state index in [-0.39, 0.29) is 39.9 Å². The Labute approximate surface area is 288 Å². The third-order valence-electron chi connectivity index (χ3n) is 8.51. The van der Waals surface area contributed by atoms with Crippen LogP contribution in [0, 0.1) is 5.92 Å². The summed E-state index contributed by atoms with van der Waals surface area (Å²) >= 11 is 12.3. The zero-order valence-electron chi connectivity index (χ0n) is 26.8. The number of ether oxygens (including phenoxy) is 1. The molecule has 0 atom stereocenters. The molecule has 1 aliphatic carbocycles. The zero-order chi connectivity index (χ0) is 33.8. The van der Waals surface area contributed by atoms with E-state index in [4.69, 9.17) is 27.9 Å². The average molecular weight is 691 g/mol. The average Bonchev–Trinajstić information content (AvgIpc) is 3.92. The van der Waals surface area contributed by atoms with Crippen LogP contribution < -0.4 is 26.2 Å². The van der Waals surface area contributed by atoms with Crippen molar-refractivity contribution in [2.75, 3.05) is 37.4 Å². The molecular formula is C35H37Cl2N7O4. The third kappa shape index (κ3) is 8.15. The molecule has 3 heterocycles. The molecule has 2 aliphatic rings. The first kappa shape index (κ1) is 33.5. The number of anilines is 2. The number of halogens is 2. The number of aryl methyl sites for hydroxylation is 1. The Bertz CT molecular complexity index is 1870. The first-order valence-electron chi connectivity index (χ1n) is 16.0. The van der Waals surface area contributed by atoms with Gasteiger partial charge in [0.1, 0.15) is 11.4 Å². The fraction of sp³-hybridized carbons (Fsp3) is 0.343. The van der Waals surface area contributed by atoms with Crippen molar-refractivity contribution in [2.45, 2.75) is 45.2 Å². The molecule has 1 saturated carbocycles. The van der Waals surface area contributed by atoms with E-state index in [2.05, 4.69) is 38.0 Å². The first-order valence-corrected chi connectivity index (χ1v) is 16.8. The van der Waals surface area contributed by atoms with Crippen LogP contribution in [0.1, 0.15) is 43.0 Å². The normalized spacial score (nSPS) is 15.2. The summed E-state index contributed by atoms with van der Waals surface area (Å²) in [6.07, 6.45) is 6.83. The van der Waals surface area contributed by atoms with Gasteiger partial charge in [0.2, 0.25) is 0 Å². The lowest BCUT2D eigenvalue weighted by atomic mass is 9.98. The number of carbonyl (C=O) groups is 2. The molecule has 48 heavy (non-hydrogen) atoms. The monoisotopic (exact) mass is 689 g/mol. The Morgan fingerprint density at radius 3 is 2.38 bits per heavy atom. The molecule has 0 radical (unpaired) electrons. The number of hydrogen-bond acceptors (Lipinski definition) is 7. The molecule has 0 bridgehead atoms. The number of nitrogens with one attached hydrogen (secondary N) is 3. The molecule has 2 aromatic carbocycles. The highest BCUT2D eigenvalue weighted by molar-refractivity contribution is 6.39. The SMILES string of the molecule is CCn1nc(-c2cccc(-c3cc(OCC4CC4)cc(C(=O)NC4CCN(C)CC4)c3)c2)cc(NC(=O)Nc2c(Cl)cncc2Cl)c1=O. The summed E-state index contributed by atoms with van der Waals surface area (Å²) in [5.41, 5.74) is 3.08. The lowest BCUT2D eigenvalue weighted by molar-refractivity contribution is 0.0916. The van der Waals surface area contributed by atoms with Gasteiger partial charge in [-0.3, -0.25) is 14.6 Å². The minimum atomic E-state index is -0.704. The molecule has 250 valence electrons. The van der Waals surface area contributed by atoms with Crippen molar-refractivity contribution in [2.24, 2.45) is 5.92 Å². The molecule has 1 saturated heterocycles. The highest BCUT2D eigenvalue weighted by atomic mass is 35.5. The quantitative estimate of drug-likeness (QED) is 0.172. The molecule has 1 aliphatic heterocycles. The Kier molecular flexibility index (Phi) is 10.3. The second-order valence-electron chi connectivity index (χ2n) is 12.3. The van der Waals surface area contributed by atoms with Crippen LogP contribution in [-0.2, 0) is 6.54 Å². The van der Waals surface area contributed by atoms with Gasteiger partial charge in [-0.05, 0) is 100 Å². The third-order valence-corrected chi connectivity index (χ3v) is 9.08. The molecule has 0 spiro atoms. The standard InChI is InChI=1S/C35H37Cl2N7O4/c1-3-44-34(46)31(40-35(47)41-32-28(36)18-38-19-29(32)37)17-30(42-44)23-6-4-5-22(13-23)24-14-25(16-27(15-24)48-20-21-7-8-21)33(45)39-26-9-11-43(2)12-10-26/h4-6,13-19,21,26H,3,7-12,20H2,1-2H3,(H,39,45)(H2,38,40,41,47). The van der Waals surface area contributed by atoms with Crippen molar-refractivity contribution in [3.63, 3.8) is 0 Å². The van der Waals surface area contributed by atoms with Gasteiger partial charge in [-0.1, -0.05) is 41.4 Å². The van der Waals surface area contributed by atoms with Gasteiger partial charge in [0.05, 0.1) is 28.0 Å². The Balaban J connectivity index is 1.29. The highest BCUT2D eigenvalue weighted by Gasteiger charge is 2.23. The number of piperidine rings is 1. The molecule has 6 rings (SSSR count). The van der Waals surface area contributed by atoms with Gasteiger partial charge in [-0.2, -0.15) is 5.10 Å². The highest BCUT2D eigenvalue weighted by Crippen LogP contribution is 2.33. The van der Waals surface area contributed by atoms with Crippen LogP contribution in [-0.4, -0.2) is 64.4 Å². The van der Waals surface area contributed by atoms with E-state index in [1.54, 1.807) is 6.92 Å². The first-order chi connectivity index (χ1) is 23.2. The van der Waals surface area contributed by atoms with Crippen LogP contribution in [0.25, 0.3) is 22.4 Å². The van der Waals surface area contributed by atoms with Gasteiger partial charge in [-0.15, -0.1) is 0 Å². The molecule has 13 heteroatoms. The van der Waals surface area contributed by atoms with Crippen molar-refractivity contribution in [1.29, 1.82) is 0 Å².